The predicted molar refractivity (Wildman–Crippen MR) is 71.9 cm³/mol. The molecule has 6 heteroatoms. The molecule has 20 heavy (non-hydrogen) atoms. The van der Waals surface area contributed by atoms with Crippen LogP contribution in [0.25, 0.3) is 11.1 Å². The first kappa shape index (κ1) is 12.7. The molecule has 104 valence electrons. The molecule has 6 nitrogen and oxygen atoms in total. The topological polar surface area (TPSA) is 84.2 Å². The minimum atomic E-state index is -0.397. The highest BCUT2D eigenvalue weighted by molar-refractivity contribution is 5.90. The van der Waals surface area contributed by atoms with E-state index in [-0.39, 0.29) is 11.8 Å². The molecule has 0 saturated carbocycles. The van der Waals surface area contributed by atoms with E-state index < -0.39 is 6.04 Å². The van der Waals surface area contributed by atoms with Crippen LogP contribution in [0, 0.1) is 0 Å². The Bertz CT molecular complexity index is 617. The van der Waals surface area contributed by atoms with Crippen molar-refractivity contribution in [3.05, 3.63) is 30.2 Å². The molecule has 0 radical (unpaired) electrons. The maximum Gasteiger partial charge on any atom is 0.242 e. The Morgan fingerprint density at radius 2 is 2.30 bits per heavy atom. The first-order valence-electron chi connectivity index (χ1n) is 6.64. The van der Waals surface area contributed by atoms with Gasteiger partial charge < -0.3 is 15.1 Å². The van der Waals surface area contributed by atoms with Gasteiger partial charge in [-0.15, -0.1) is 0 Å². The van der Waals surface area contributed by atoms with Gasteiger partial charge in [0.1, 0.15) is 11.6 Å². The number of amides is 2. The van der Waals surface area contributed by atoms with Crippen molar-refractivity contribution in [2.45, 2.75) is 25.3 Å². The zero-order chi connectivity index (χ0) is 13.9. The van der Waals surface area contributed by atoms with E-state index in [2.05, 4.69) is 15.6 Å². The van der Waals surface area contributed by atoms with Crippen molar-refractivity contribution in [3.8, 4) is 0 Å². The second-order valence-corrected chi connectivity index (χ2v) is 4.78. The van der Waals surface area contributed by atoms with Crippen LogP contribution in [-0.2, 0) is 16.0 Å². The molecule has 1 aliphatic heterocycles. The van der Waals surface area contributed by atoms with Crippen LogP contribution in [0.5, 0.6) is 0 Å². The maximum absolute atomic E-state index is 11.8. The number of aromatic nitrogens is 1. The van der Waals surface area contributed by atoms with E-state index in [4.69, 9.17) is 4.42 Å². The molecular formula is C14H15N3O3. The zero-order valence-corrected chi connectivity index (χ0v) is 10.9. The summed E-state index contributed by atoms with van der Waals surface area (Å²) in [5.74, 6) is 0.387. The van der Waals surface area contributed by atoms with Crippen LogP contribution in [0.2, 0.25) is 0 Å². The molecule has 1 aromatic heterocycles. The van der Waals surface area contributed by atoms with Gasteiger partial charge in [0.15, 0.2) is 11.5 Å². The number of carbonyl (C=O) groups excluding carboxylic acids is 2. The van der Waals surface area contributed by atoms with Gasteiger partial charge in [-0.1, -0.05) is 12.1 Å². The number of para-hydroxylation sites is 2. The van der Waals surface area contributed by atoms with Gasteiger partial charge in [-0.2, -0.15) is 0 Å². The Morgan fingerprint density at radius 1 is 1.45 bits per heavy atom. The van der Waals surface area contributed by atoms with Crippen molar-refractivity contribution < 1.29 is 14.0 Å². The quantitative estimate of drug-likeness (QED) is 0.861. The van der Waals surface area contributed by atoms with Gasteiger partial charge >= 0.3 is 0 Å². The lowest BCUT2D eigenvalue weighted by molar-refractivity contribution is -0.125. The highest BCUT2D eigenvalue weighted by atomic mass is 16.3. The molecule has 2 aromatic rings. The van der Waals surface area contributed by atoms with Crippen molar-refractivity contribution in [3.63, 3.8) is 0 Å². The Labute approximate surface area is 115 Å². The molecule has 2 heterocycles. The summed E-state index contributed by atoms with van der Waals surface area (Å²) < 4.78 is 5.56. The van der Waals surface area contributed by atoms with Gasteiger partial charge in [-0.05, 0) is 18.6 Å². The van der Waals surface area contributed by atoms with Gasteiger partial charge in [-0.3, -0.25) is 9.59 Å². The zero-order valence-electron chi connectivity index (χ0n) is 10.9. The van der Waals surface area contributed by atoms with Crippen molar-refractivity contribution in [2.75, 3.05) is 6.54 Å². The summed E-state index contributed by atoms with van der Waals surface area (Å²) in [6.07, 6.45) is 1.51. The minimum absolute atomic E-state index is 0.0656. The lowest BCUT2D eigenvalue weighted by Gasteiger charge is -2.09. The maximum atomic E-state index is 11.8. The lowest BCUT2D eigenvalue weighted by Crippen LogP contribution is -2.42. The molecule has 2 amide bonds. The number of rotatable bonds is 4. The Balaban J connectivity index is 1.52. The second-order valence-electron chi connectivity index (χ2n) is 4.78. The minimum Gasteiger partial charge on any atom is -0.441 e. The van der Waals surface area contributed by atoms with Crippen molar-refractivity contribution in [1.82, 2.24) is 15.6 Å². The van der Waals surface area contributed by atoms with Gasteiger partial charge in [-0.25, -0.2) is 4.98 Å². The van der Waals surface area contributed by atoms with Crippen molar-refractivity contribution >= 4 is 22.9 Å². The highest BCUT2D eigenvalue weighted by Gasteiger charge is 2.26. The summed E-state index contributed by atoms with van der Waals surface area (Å²) in [6.45, 7) is 0.442. The standard InChI is InChI=1S/C14H15N3O3/c18-12-6-5-10(16-12)14(19)15-8-7-13-17-9-3-1-2-4-11(9)20-13/h1-4,10H,5-8H2,(H,15,19)(H,16,18). The van der Waals surface area contributed by atoms with Gasteiger partial charge in [0.05, 0.1) is 0 Å². The number of nitrogens with zero attached hydrogens (tertiary/aromatic N) is 1. The molecule has 3 rings (SSSR count). The molecule has 0 aliphatic carbocycles. The molecule has 1 aromatic carbocycles. The van der Waals surface area contributed by atoms with Crippen LogP contribution in [-0.4, -0.2) is 29.4 Å². The Hall–Kier alpha value is -2.37. The molecule has 1 saturated heterocycles. The first-order valence-corrected chi connectivity index (χ1v) is 6.64. The number of hydrogen-bond donors (Lipinski definition) is 2. The van der Waals surface area contributed by atoms with E-state index in [1.165, 1.54) is 0 Å². The van der Waals surface area contributed by atoms with E-state index in [0.717, 1.165) is 11.1 Å². The van der Waals surface area contributed by atoms with Crippen LogP contribution in [0.3, 0.4) is 0 Å². The normalized spacial score (nSPS) is 18.2. The van der Waals surface area contributed by atoms with E-state index in [9.17, 15) is 9.59 Å². The smallest absolute Gasteiger partial charge is 0.242 e. The summed E-state index contributed by atoms with van der Waals surface area (Å²) in [6, 6.07) is 7.14. The van der Waals surface area contributed by atoms with Gasteiger partial charge in [0.25, 0.3) is 0 Å². The molecular weight excluding hydrogens is 258 g/mol. The molecule has 1 unspecified atom stereocenters. The van der Waals surface area contributed by atoms with Gasteiger partial charge in [0, 0.05) is 19.4 Å². The van der Waals surface area contributed by atoms with Crippen LogP contribution < -0.4 is 10.6 Å². The Kier molecular flexibility index (Phi) is 3.37. The Morgan fingerprint density at radius 3 is 3.05 bits per heavy atom. The fourth-order valence-corrected chi connectivity index (χ4v) is 2.25. The van der Waals surface area contributed by atoms with Crippen LogP contribution in [0.1, 0.15) is 18.7 Å². The number of hydrogen-bond acceptors (Lipinski definition) is 4. The van der Waals surface area contributed by atoms with Crippen LogP contribution >= 0.6 is 0 Å². The van der Waals surface area contributed by atoms with Crippen molar-refractivity contribution in [2.24, 2.45) is 0 Å². The predicted octanol–water partition coefficient (Wildman–Crippen LogP) is 0.765. The molecule has 2 N–H and O–H groups in total. The fraction of sp³-hybridized carbons (Fsp3) is 0.357. The third-order valence-corrected chi connectivity index (χ3v) is 3.29. The molecule has 0 bridgehead atoms. The molecule has 1 fully saturated rings. The average Bonchev–Trinajstić information content (AvgIpc) is 3.04. The number of carbonyl (C=O) groups is 2. The summed E-state index contributed by atoms with van der Waals surface area (Å²) >= 11 is 0. The lowest BCUT2D eigenvalue weighted by atomic mass is 10.2. The van der Waals surface area contributed by atoms with E-state index in [0.29, 0.717) is 31.7 Å². The monoisotopic (exact) mass is 273 g/mol. The second kappa shape index (κ2) is 5.32. The largest absolute Gasteiger partial charge is 0.441 e. The van der Waals surface area contributed by atoms with Crippen LogP contribution in [0.15, 0.2) is 28.7 Å². The molecule has 1 atom stereocenters. The summed E-state index contributed by atoms with van der Waals surface area (Å²) in [4.78, 5) is 27.1. The summed E-state index contributed by atoms with van der Waals surface area (Å²) in [7, 11) is 0. The van der Waals surface area contributed by atoms with E-state index in [1.807, 2.05) is 24.3 Å². The number of oxazole rings is 1. The molecule has 1 aliphatic rings. The third-order valence-electron chi connectivity index (χ3n) is 3.29. The van der Waals surface area contributed by atoms with E-state index >= 15 is 0 Å². The number of benzene rings is 1. The molecule has 0 spiro atoms. The highest BCUT2D eigenvalue weighted by Crippen LogP contribution is 2.14. The van der Waals surface area contributed by atoms with Crippen molar-refractivity contribution in [1.29, 1.82) is 0 Å². The fourth-order valence-electron chi connectivity index (χ4n) is 2.25. The van der Waals surface area contributed by atoms with Gasteiger partial charge in [0.2, 0.25) is 11.8 Å². The van der Waals surface area contributed by atoms with E-state index in [1.54, 1.807) is 0 Å². The summed E-state index contributed by atoms with van der Waals surface area (Å²) in [5.41, 5.74) is 1.56. The number of nitrogens with one attached hydrogen (secondary N) is 2. The van der Waals surface area contributed by atoms with Crippen LogP contribution in [0.4, 0.5) is 0 Å². The summed E-state index contributed by atoms with van der Waals surface area (Å²) in [5, 5.41) is 5.42. The SMILES string of the molecule is O=C1CCC(C(=O)NCCc2nc3ccccc3o2)N1. The number of fused-ring (bicyclic) bond motifs is 1. The third kappa shape index (κ3) is 2.64. The average molecular weight is 273 g/mol. The first-order chi connectivity index (χ1) is 9.72.